The maximum atomic E-state index is 5.84. The van der Waals surface area contributed by atoms with E-state index in [-0.39, 0.29) is 5.82 Å². The average Bonchev–Trinajstić information content (AvgIpc) is 2.17. The minimum atomic E-state index is 0.0404. The quantitative estimate of drug-likeness (QED) is 0.594. The number of nitrogens with zero attached hydrogens (tertiary/aromatic N) is 1. The number of pyridine rings is 1. The summed E-state index contributed by atoms with van der Waals surface area (Å²) in [6, 6.07) is 10.1. The third-order valence-electron chi connectivity index (χ3n) is 2.15. The van der Waals surface area contributed by atoms with E-state index in [9.17, 15) is 0 Å². The van der Waals surface area contributed by atoms with Gasteiger partial charge in [-0.15, -0.1) is 0 Å². The number of hydrogen-bond donors (Lipinski definition) is 0. The molecule has 0 fully saturated rings. The molecule has 0 saturated carbocycles. The lowest BCUT2D eigenvalue weighted by Gasteiger charge is -2.08. The van der Waals surface area contributed by atoms with E-state index in [1.54, 1.807) is 6.20 Å². The lowest BCUT2D eigenvalue weighted by Crippen LogP contribution is -1.94. The molecular formula is C11H10BN. The fourth-order valence-corrected chi connectivity index (χ4v) is 1.50. The molecule has 0 N–H and O–H groups in total. The normalized spacial score (nSPS) is 13.0. The van der Waals surface area contributed by atoms with Crippen LogP contribution in [0.5, 0.6) is 0 Å². The number of hydrogen-bond acceptors (Lipinski definition) is 1. The molecule has 0 amide bonds. The summed E-state index contributed by atoms with van der Waals surface area (Å²) in [7, 11) is 5.84. The van der Waals surface area contributed by atoms with Gasteiger partial charge in [0.1, 0.15) is 0 Å². The number of benzene rings is 1. The molecule has 2 aromatic rings. The van der Waals surface area contributed by atoms with Crippen molar-refractivity contribution in [2.45, 2.75) is 12.7 Å². The highest BCUT2D eigenvalue weighted by molar-refractivity contribution is 6.13. The zero-order valence-corrected chi connectivity index (χ0v) is 7.57. The van der Waals surface area contributed by atoms with Gasteiger partial charge >= 0.3 is 0 Å². The van der Waals surface area contributed by atoms with E-state index in [2.05, 4.69) is 4.98 Å². The molecule has 13 heavy (non-hydrogen) atoms. The van der Waals surface area contributed by atoms with Crippen molar-refractivity contribution in [2.24, 2.45) is 0 Å². The van der Waals surface area contributed by atoms with E-state index >= 15 is 0 Å². The van der Waals surface area contributed by atoms with Gasteiger partial charge < -0.3 is 0 Å². The summed E-state index contributed by atoms with van der Waals surface area (Å²) in [5.74, 6) is 0.0404. The molecule has 2 heteroatoms. The van der Waals surface area contributed by atoms with Gasteiger partial charge in [0.2, 0.25) is 0 Å². The van der Waals surface area contributed by atoms with Gasteiger partial charge in [0.25, 0.3) is 0 Å². The minimum Gasteiger partial charge on any atom is -0.256 e. The largest absolute Gasteiger partial charge is 0.256 e. The highest BCUT2D eigenvalue weighted by atomic mass is 14.6. The minimum absolute atomic E-state index is 0.0404. The zero-order valence-electron chi connectivity index (χ0n) is 7.57. The van der Waals surface area contributed by atoms with Crippen LogP contribution in [0, 0.1) is 0 Å². The molecule has 0 aliphatic rings. The van der Waals surface area contributed by atoms with Crippen LogP contribution in [0.2, 0.25) is 0 Å². The van der Waals surface area contributed by atoms with Crippen LogP contribution in [0.1, 0.15) is 18.3 Å². The van der Waals surface area contributed by atoms with E-state index in [1.165, 1.54) is 0 Å². The molecule has 1 aromatic carbocycles. The van der Waals surface area contributed by atoms with Crippen LogP contribution in [0.25, 0.3) is 10.9 Å². The molecule has 0 spiro atoms. The van der Waals surface area contributed by atoms with Crippen LogP contribution < -0.4 is 0 Å². The van der Waals surface area contributed by atoms with Gasteiger partial charge in [-0.05, 0) is 11.6 Å². The Bertz CT molecular complexity index is 418. The van der Waals surface area contributed by atoms with Crippen LogP contribution in [-0.2, 0) is 0 Å². The van der Waals surface area contributed by atoms with Crippen LogP contribution in [0.4, 0.5) is 0 Å². The Labute approximate surface area is 79.2 Å². The molecule has 0 saturated heterocycles. The molecule has 1 nitrogen and oxygen atoms in total. The van der Waals surface area contributed by atoms with Crippen LogP contribution in [0.3, 0.4) is 0 Å². The first-order chi connectivity index (χ1) is 6.29. The lowest BCUT2D eigenvalue weighted by molar-refractivity contribution is 1.09. The summed E-state index contributed by atoms with van der Waals surface area (Å²) >= 11 is 0. The predicted molar refractivity (Wildman–Crippen MR) is 55.9 cm³/mol. The van der Waals surface area contributed by atoms with Crippen molar-refractivity contribution in [2.75, 3.05) is 0 Å². The van der Waals surface area contributed by atoms with Crippen LogP contribution in [-0.4, -0.2) is 12.8 Å². The average molecular weight is 167 g/mol. The molecule has 1 aromatic heterocycles. The van der Waals surface area contributed by atoms with Gasteiger partial charge in [-0.2, -0.15) is 0 Å². The Morgan fingerprint density at radius 3 is 2.77 bits per heavy atom. The molecule has 1 unspecified atom stereocenters. The predicted octanol–water partition coefficient (Wildman–Crippen LogP) is 2.46. The van der Waals surface area contributed by atoms with E-state index in [0.29, 0.717) is 0 Å². The number of rotatable bonds is 1. The summed E-state index contributed by atoms with van der Waals surface area (Å²) in [5, 5.41) is 1.15. The Hall–Kier alpha value is -1.31. The lowest BCUT2D eigenvalue weighted by atomic mass is 9.82. The fourth-order valence-electron chi connectivity index (χ4n) is 1.50. The number of para-hydroxylation sites is 1. The summed E-state index contributed by atoms with van der Waals surface area (Å²) in [5.41, 5.74) is 2.12. The van der Waals surface area contributed by atoms with E-state index < -0.39 is 0 Å². The summed E-state index contributed by atoms with van der Waals surface area (Å²) in [6.45, 7) is 1.98. The third kappa shape index (κ3) is 1.44. The van der Waals surface area contributed by atoms with E-state index in [0.717, 1.165) is 16.5 Å². The van der Waals surface area contributed by atoms with Crippen molar-refractivity contribution < 1.29 is 0 Å². The summed E-state index contributed by atoms with van der Waals surface area (Å²) < 4.78 is 0. The van der Waals surface area contributed by atoms with Crippen molar-refractivity contribution in [3.8, 4) is 0 Å². The Morgan fingerprint density at radius 1 is 1.23 bits per heavy atom. The molecule has 0 bridgehead atoms. The molecular weight excluding hydrogens is 157 g/mol. The second-order valence-electron chi connectivity index (χ2n) is 3.21. The van der Waals surface area contributed by atoms with Gasteiger partial charge in [0.15, 0.2) is 0 Å². The van der Waals surface area contributed by atoms with Crippen molar-refractivity contribution >= 4 is 18.7 Å². The SMILES string of the molecule is [B]C(C)c1cccc2cccnc12. The zero-order chi connectivity index (χ0) is 9.26. The Balaban J connectivity index is 2.76. The third-order valence-corrected chi connectivity index (χ3v) is 2.15. The fraction of sp³-hybridized carbons (Fsp3) is 0.182. The maximum absolute atomic E-state index is 5.84. The molecule has 1 atom stereocenters. The summed E-state index contributed by atoms with van der Waals surface area (Å²) in [4.78, 5) is 4.32. The standard InChI is InChI=1S/C11H10BN/c1-8(12)10-6-2-4-9-5-3-7-13-11(9)10/h2-8H,1H3. The van der Waals surface area contributed by atoms with Crippen molar-refractivity contribution in [1.29, 1.82) is 0 Å². The maximum Gasteiger partial charge on any atom is 0.0760 e. The first-order valence-corrected chi connectivity index (χ1v) is 4.38. The van der Waals surface area contributed by atoms with Crippen molar-refractivity contribution in [1.82, 2.24) is 4.98 Å². The van der Waals surface area contributed by atoms with Gasteiger partial charge in [-0.3, -0.25) is 4.98 Å². The van der Waals surface area contributed by atoms with Gasteiger partial charge in [0, 0.05) is 11.6 Å². The van der Waals surface area contributed by atoms with Crippen LogP contribution >= 0.6 is 0 Å². The van der Waals surface area contributed by atoms with E-state index in [4.69, 9.17) is 7.85 Å². The summed E-state index contributed by atoms with van der Waals surface area (Å²) in [6.07, 6.45) is 1.80. The number of aromatic nitrogens is 1. The van der Waals surface area contributed by atoms with Gasteiger partial charge in [-0.25, -0.2) is 0 Å². The molecule has 0 aliphatic heterocycles. The smallest absolute Gasteiger partial charge is 0.0760 e. The first kappa shape index (κ1) is 8.30. The molecule has 2 radical (unpaired) electrons. The van der Waals surface area contributed by atoms with Crippen molar-refractivity contribution in [3.63, 3.8) is 0 Å². The second kappa shape index (κ2) is 3.21. The highest BCUT2D eigenvalue weighted by Gasteiger charge is 2.03. The van der Waals surface area contributed by atoms with E-state index in [1.807, 2.05) is 37.3 Å². The van der Waals surface area contributed by atoms with Crippen molar-refractivity contribution in [3.05, 3.63) is 42.1 Å². The molecule has 2 rings (SSSR count). The highest BCUT2D eigenvalue weighted by Crippen LogP contribution is 2.21. The Morgan fingerprint density at radius 2 is 2.00 bits per heavy atom. The monoisotopic (exact) mass is 167 g/mol. The molecule has 0 aliphatic carbocycles. The first-order valence-electron chi connectivity index (χ1n) is 4.38. The van der Waals surface area contributed by atoms with Gasteiger partial charge in [0.05, 0.1) is 13.4 Å². The second-order valence-corrected chi connectivity index (χ2v) is 3.21. The van der Waals surface area contributed by atoms with Crippen LogP contribution in [0.15, 0.2) is 36.5 Å². The number of fused-ring (bicyclic) bond motifs is 1. The molecule has 1 heterocycles. The van der Waals surface area contributed by atoms with Gasteiger partial charge in [-0.1, -0.05) is 37.0 Å². The molecule has 62 valence electrons. The topological polar surface area (TPSA) is 12.9 Å². The Kier molecular flexibility index (Phi) is 2.05.